The van der Waals surface area contributed by atoms with Crippen molar-refractivity contribution in [3.63, 3.8) is 0 Å². The number of nitrogens with one attached hydrogen (secondary N) is 2. The molecule has 0 aliphatic carbocycles. The van der Waals surface area contributed by atoms with E-state index in [1.165, 1.54) is 16.7 Å². The van der Waals surface area contributed by atoms with Crippen molar-refractivity contribution >= 4 is 47.2 Å². The molecule has 2 N–H and O–H groups in total. The van der Waals surface area contributed by atoms with E-state index in [1.54, 1.807) is 0 Å². The Hall–Kier alpha value is -3.79. The first kappa shape index (κ1) is 26.8. The highest BCUT2D eigenvalue weighted by Crippen LogP contribution is 2.51. The number of amides is 3. The first-order valence-corrected chi connectivity index (χ1v) is 13.8. The summed E-state index contributed by atoms with van der Waals surface area (Å²) in [4.78, 5) is 54.9. The average Bonchev–Trinajstić information content (AvgIpc) is 3.17. The smallest absolute Gasteiger partial charge is 0.330 e. The molecule has 2 aromatic carbocycles. The molecule has 3 heterocycles. The summed E-state index contributed by atoms with van der Waals surface area (Å²) in [7, 11) is 1.91. The largest absolute Gasteiger partial charge is 0.462 e. The van der Waals surface area contributed by atoms with Crippen LogP contribution < -0.4 is 21.1 Å². The number of hydrogen-bond acceptors (Lipinski definition) is 7. The van der Waals surface area contributed by atoms with Crippen LogP contribution in [-0.2, 0) is 30.3 Å². The minimum absolute atomic E-state index is 0.0113. The van der Waals surface area contributed by atoms with Gasteiger partial charge in [0.1, 0.15) is 24.1 Å². The van der Waals surface area contributed by atoms with Crippen LogP contribution >= 0.6 is 11.8 Å². The van der Waals surface area contributed by atoms with Gasteiger partial charge in [-0.05, 0) is 29.8 Å². The van der Waals surface area contributed by atoms with E-state index < -0.39 is 22.8 Å². The number of β-lactam (4-membered cyclic amide) rings is 1. The predicted molar refractivity (Wildman–Crippen MR) is 148 cm³/mol. The van der Waals surface area contributed by atoms with Crippen molar-refractivity contribution in [3.8, 4) is 0 Å². The van der Waals surface area contributed by atoms with Crippen LogP contribution in [0.2, 0.25) is 0 Å². The summed E-state index contributed by atoms with van der Waals surface area (Å²) >= 11 is 1.48. The third-order valence-corrected chi connectivity index (χ3v) is 8.72. The number of nitrogens with zero attached hydrogens (tertiary/aromatic N) is 2. The maximum Gasteiger partial charge on any atom is 0.330 e. The second kappa shape index (κ2) is 10.8. The normalized spacial score (nSPS) is 22.7. The van der Waals surface area contributed by atoms with Crippen LogP contribution in [-0.4, -0.2) is 82.4 Å². The Morgan fingerprint density at radius 3 is 2.56 bits per heavy atom. The predicted octanol–water partition coefficient (Wildman–Crippen LogP) is -0.0301. The molecule has 39 heavy (non-hydrogen) atoms. The summed E-state index contributed by atoms with van der Waals surface area (Å²) in [5, 5.41) is 7.21. The van der Waals surface area contributed by atoms with E-state index in [9.17, 15) is 19.2 Å². The molecule has 3 aliphatic rings. The Morgan fingerprint density at radius 2 is 1.79 bits per heavy atom. The lowest BCUT2D eigenvalue weighted by atomic mass is 9.96. The van der Waals surface area contributed by atoms with Crippen LogP contribution in [0, 0.1) is 0 Å². The lowest BCUT2D eigenvalue weighted by molar-refractivity contribution is -0.164. The van der Waals surface area contributed by atoms with Crippen LogP contribution in [0.4, 0.5) is 0 Å². The van der Waals surface area contributed by atoms with Gasteiger partial charge < -0.3 is 25.2 Å². The Labute approximate surface area is 231 Å². The van der Waals surface area contributed by atoms with Gasteiger partial charge in [-0.1, -0.05) is 54.6 Å². The standard InChI is InChI=1S/C29H32N4O5S/c1-29(2)24(33-26(36)23(27(33)39-29)31-22(34)15-18-9-5-4-6-10-18)28(37)38-14-13-30-25(35)21-17-32(3)16-19-11-7-8-12-20(19)21/h4-12,16,23-24,27H,13-15,17H2,1-3H3,(H,30,35)(H,31,34). The molecule has 3 atom stereocenters. The highest BCUT2D eigenvalue weighted by molar-refractivity contribution is 8.01. The van der Waals surface area contributed by atoms with Gasteiger partial charge in [0.2, 0.25) is 17.7 Å². The number of esters is 1. The molecule has 0 radical (unpaired) electrons. The quantitative estimate of drug-likeness (QED) is 0.271. The molecular formula is C29H32N4O5S. The molecule has 9 nitrogen and oxygen atoms in total. The third-order valence-electron chi connectivity index (χ3n) is 7.15. The Kier molecular flexibility index (Phi) is 7.40. The molecule has 2 saturated heterocycles. The maximum atomic E-state index is 13.1. The molecule has 3 amide bonds. The van der Waals surface area contributed by atoms with E-state index in [-0.39, 0.29) is 42.7 Å². The number of benzene rings is 2. The van der Waals surface area contributed by atoms with Crippen LogP contribution in [0.1, 0.15) is 19.4 Å². The summed E-state index contributed by atoms with van der Waals surface area (Å²) < 4.78 is 4.92. The van der Waals surface area contributed by atoms with Crippen molar-refractivity contribution in [3.05, 3.63) is 70.6 Å². The van der Waals surface area contributed by atoms with Crippen molar-refractivity contribution in [1.29, 1.82) is 0 Å². The second-order valence-corrected chi connectivity index (χ2v) is 12.3. The van der Waals surface area contributed by atoms with Crippen LogP contribution in [0.5, 0.6) is 0 Å². The van der Waals surface area contributed by atoms with Crippen molar-refractivity contribution < 1.29 is 23.9 Å². The van der Waals surface area contributed by atoms with Gasteiger partial charge in [-0.3, -0.25) is 14.4 Å². The minimum atomic E-state index is -0.776. The fraction of sp³-hybridized carbons (Fsp3) is 0.379. The molecule has 0 bridgehead atoms. The molecule has 3 aliphatic heterocycles. The minimum Gasteiger partial charge on any atom is -0.462 e. The zero-order valence-electron chi connectivity index (χ0n) is 22.2. The molecule has 5 rings (SSSR count). The van der Waals surface area contributed by atoms with E-state index in [4.69, 9.17) is 4.74 Å². The molecule has 10 heteroatoms. The highest BCUT2D eigenvalue weighted by Gasteiger charge is 2.64. The molecule has 0 spiro atoms. The van der Waals surface area contributed by atoms with E-state index in [1.807, 2.05) is 86.6 Å². The van der Waals surface area contributed by atoms with Crippen molar-refractivity contribution in [2.24, 2.45) is 0 Å². The summed E-state index contributed by atoms with van der Waals surface area (Å²) in [6.45, 7) is 4.41. The average molecular weight is 549 g/mol. The van der Waals surface area contributed by atoms with Gasteiger partial charge in [-0.2, -0.15) is 0 Å². The summed E-state index contributed by atoms with van der Waals surface area (Å²) in [6.07, 6.45) is 2.18. The monoisotopic (exact) mass is 548 g/mol. The van der Waals surface area contributed by atoms with Gasteiger partial charge in [-0.25, -0.2) is 4.79 Å². The van der Waals surface area contributed by atoms with E-state index >= 15 is 0 Å². The van der Waals surface area contributed by atoms with Crippen molar-refractivity contribution in [2.45, 2.75) is 42.5 Å². The van der Waals surface area contributed by atoms with Crippen molar-refractivity contribution in [1.82, 2.24) is 20.4 Å². The Morgan fingerprint density at radius 1 is 1.08 bits per heavy atom. The van der Waals surface area contributed by atoms with E-state index in [0.717, 1.165) is 16.0 Å². The molecule has 0 aromatic heterocycles. The third kappa shape index (κ3) is 5.38. The van der Waals surface area contributed by atoms with Gasteiger partial charge in [-0.15, -0.1) is 11.8 Å². The lowest BCUT2D eigenvalue weighted by Gasteiger charge is -2.44. The Bertz CT molecular complexity index is 1430. The molecule has 3 unspecified atom stereocenters. The molecule has 2 aromatic rings. The van der Waals surface area contributed by atoms with E-state index in [2.05, 4.69) is 10.6 Å². The zero-order valence-corrected chi connectivity index (χ0v) is 23.0. The first-order valence-electron chi connectivity index (χ1n) is 12.9. The first-order chi connectivity index (χ1) is 18.7. The molecule has 204 valence electrons. The fourth-order valence-corrected chi connectivity index (χ4v) is 6.95. The fourth-order valence-electron chi connectivity index (χ4n) is 5.33. The van der Waals surface area contributed by atoms with Gasteiger partial charge in [0, 0.05) is 30.1 Å². The lowest BCUT2D eigenvalue weighted by Crippen LogP contribution is -2.70. The number of carbonyl (C=O) groups excluding carboxylic acids is 4. The summed E-state index contributed by atoms with van der Waals surface area (Å²) in [5.74, 6) is -1.25. The number of carbonyl (C=O) groups is 4. The number of hydrogen-bond donors (Lipinski definition) is 2. The highest BCUT2D eigenvalue weighted by atomic mass is 32.2. The summed E-state index contributed by atoms with van der Waals surface area (Å²) in [6, 6.07) is 15.6. The maximum absolute atomic E-state index is 13.1. The Balaban J connectivity index is 1.14. The topological polar surface area (TPSA) is 108 Å². The van der Waals surface area contributed by atoms with Gasteiger partial charge >= 0.3 is 5.97 Å². The molecule has 2 fully saturated rings. The van der Waals surface area contributed by atoms with Gasteiger partial charge in [0.15, 0.2) is 0 Å². The number of rotatable bonds is 8. The number of fused-ring (bicyclic) bond motifs is 2. The van der Waals surface area contributed by atoms with Crippen LogP contribution in [0.3, 0.4) is 0 Å². The van der Waals surface area contributed by atoms with Crippen LogP contribution in [0.15, 0.2) is 54.6 Å². The van der Waals surface area contributed by atoms with Crippen molar-refractivity contribution in [2.75, 3.05) is 26.7 Å². The summed E-state index contributed by atoms with van der Waals surface area (Å²) in [5.41, 5.74) is 1.52. The molecule has 0 saturated carbocycles. The number of ether oxygens (including phenoxy) is 1. The number of thioether (sulfide) groups is 1. The molecular weight excluding hydrogens is 516 g/mol. The van der Waals surface area contributed by atoms with E-state index in [0.29, 0.717) is 12.1 Å². The second-order valence-electron chi connectivity index (χ2n) is 10.5. The van der Waals surface area contributed by atoms with Gasteiger partial charge in [0.05, 0.1) is 13.0 Å². The zero-order chi connectivity index (χ0) is 27.7. The van der Waals surface area contributed by atoms with Gasteiger partial charge in [0.25, 0.3) is 0 Å². The van der Waals surface area contributed by atoms with Crippen LogP contribution in [0.25, 0.3) is 11.8 Å². The SMILES string of the molecule is CN1C=c2ccccc2=C(C(=O)NCCOC(=O)C2N3C(=O)C(NC(=O)Cc4ccccc4)C3SC2(C)C)C1.